The minimum absolute atomic E-state index is 0. The summed E-state index contributed by atoms with van der Waals surface area (Å²) in [5, 5.41) is 46.8. The van der Waals surface area contributed by atoms with Crippen molar-refractivity contribution in [2.45, 2.75) is 94.6 Å². The molecular formula is C51H63ClCu2N4O20. The number of amides is 1. The van der Waals surface area contributed by atoms with E-state index in [0.29, 0.717) is 37.2 Å². The predicted octanol–water partition coefficient (Wildman–Crippen LogP) is 2.04. The van der Waals surface area contributed by atoms with Gasteiger partial charge < -0.3 is 86.1 Å². The van der Waals surface area contributed by atoms with E-state index in [2.05, 4.69) is 29.8 Å². The van der Waals surface area contributed by atoms with Gasteiger partial charge in [-0.1, -0.05) is 74.4 Å². The minimum Gasteiger partial charge on any atom is -0.550 e. The second-order valence-corrected chi connectivity index (χ2v) is 15.6. The van der Waals surface area contributed by atoms with E-state index < -0.39 is 78.0 Å². The van der Waals surface area contributed by atoms with Gasteiger partial charge in [0, 0.05) is 47.7 Å². The number of nitrogens with one attached hydrogen (secondary N) is 1. The molecule has 1 aliphatic heterocycles. The quantitative estimate of drug-likeness (QED) is 0.0131. The Morgan fingerprint density at radius 1 is 0.590 bits per heavy atom. The van der Waals surface area contributed by atoms with Gasteiger partial charge in [0.15, 0.2) is 0 Å². The molecule has 24 nitrogen and oxygen atoms in total. The molecule has 3 aromatic rings. The van der Waals surface area contributed by atoms with E-state index in [0.717, 1.165) is 22.4 Å². The molecular weight excluding hydrogens is 1150 g/mol. The van der Waals surface area contributed by atoms with Crippen LogP contribution >= 0.6 is 11.6 Å². The van der Waals surface area contributed by atoms with Crippen LogP contribution in [0, 0.1) is 0 Å². The van der Waals surface area contributed by atoms with E-state index in [1.807, 2.05) is 24.3 Å². The molecule has 1 amide bonds. The molecule has 1 fully saturated rings. The van der Waals surface area contributed by atoms with Crippen molar-refractivity contribution in [3.63, 3.8) is 0 Å². The van der Waals surface area contributed by atoms with Crippen LogP contribution in [-0.4, -0.2) is 113 Å². The molecule has 2 radical (unpaired) electrons. The second-order valence-electron chi connectivity index (χ2n) is 15.3. The van der Waals surface area contributed by atoms with E-state index >= 15 is 0 Å². The number of hydrogen-bond acceptors (Lipinski definition) is 20. The summed E-state index contributed by atoms with van der Waals surface area (Å²) in [6, 6.07) is 17.9. The number of esters is 3. The summed E-state index contributed by atoms with van der Waals surface area (Å²) in [7, 11) is 0. The number of hydrogen-bond donors (Lipinski definition) is 7. The predicted molar refractivity (Wildman–Crippen MR) is 268 cm³/mol. The first kappa shape index (κ1) is 75.0. The Labute approximate surface area is 476 Å². The van der Waals surface area contributed by atoms with Gasteiger partial charge in [-0.2, -0.15) is 0 Å². The summed E-state index contributed by atoms with van der Waals surface area (Å²) < 4.78 is 30.4. The number of nitrogens with two attached hydrogens (primary N) is 3. The molecule has 0 spiro atoms. The van der Waals surface area contributed by atoms with Gasteiger partial charge in [0.25, 0.3) is 0 Å². The van der Waals surface area contributed by atoms with Gasteiger partial charge in [-0.3, -0.25) is 24.0 Å². The van der Waals surface area contributed by atoms with Crippen LogP contribution in [0.5, 0.6) is 17.2 Å². The standard InChI is InChI=1S/C16H17NO6.C15H19NO5.C10H11ClO.2C5H9NO4.2Cu/c1-2-9-21-12-5-3-11(4-6-12)10-22-14(18)8-7-13-15(19)23-16(20)17-13;1-2-9-20-12-5-3-11(4-6-12)10-21-14(17)8-7-13(16)15(18)19;1-2-7-12-10-5-3-9(8-11)4-6-10;2*6-3(5(9)10)1-2-4(7)8;;/h2-6,13H,1,7-10H2,(H,17,20);2-6,13H,1,7-10,16H2,(H,18,19);2-6H,1,7-8H2;2*3H,1-2,6H2,(H,7,8)(H,9,10);;/q;;;;;;+2/p-2/t2*13-;;2*3-;;/m00.00../s1. The van der Waals surface area contributed by atoms with Gasteiger partial charge in [0.1, 0.15) is 74.5 Å². The third kappa shape index (κ3) is 38.3. The Balaban J connectivity index is -0.000000938. The molecule has 1 aliphatic rings. The first-order valence-corrected chi connectivity index (χ1v) is 23.3. The zero-order valence-corrected chi connectivity index (χ0v) is 44.6. The smallest absolute Gasteiger partial charge is 0.550 e. The molecule has 0 aromatic heterocycles. The van der Waals surface area contributed by atoms with Crippen LogP contribution in [0.3, 0.4) is 0 Å². The third-order valence-electron chi connectivity index (χ3n) is 9.16. The van der Waals surface area contributed by atoms with Crippen LogP contribution in [0.15, 0.2) is 111 Å². The number of carboxylic acid groups (broad SMARTS) is 5. The molecule has 0 bridgehead atoms. The number of carbonyl (C=O) groups excluding carboxylic acids is 6. The van der Waals surface area contributed by atoms with Crippen molar-refractivity contribution in [3.8, 4) is 17.2 Å². The Kier molecular flexibility index (Phi) is 43.1. The van der Waals surface area contributed by atoms with Crippen molar-refractivity contribution < 1.29 is 131 Å². The van der Waals surface area contributed by atoms with Gasteiger partial charge in [-0.15, -0.1) is 11.6 Å². The summed E-state index contributed by atoms with van der Waals surface area (Å²) in [6.45, 7) is 12.3. The number of rotatable bonds is 29. The number of carbonyl (C=O) groups is 9. The van der Waals surface area contributed by atoms with Crippen molar-refractivity contribution in [2.75, 3.05) is 19.8 Å². The molecule has 3 aromatic carbocycles. The molecule has 10 N–H and O–H groups in total. The number of alkyl carbamates (subject to hydrolysis) is 1. The summed E-state index contributed by atoms with van der Waals surface area (Å²) >= 11 is 5.63. The van der Waals surface area contributed by atoms with E-state index in [9.17, 15) is 53.4 Å². The fourth-order valence-electron chi connectivity index (χ4n) is 5.01. The SMILES string of the molecule is C=CCOc1ccc(CCl)cc1.C=CCOc1ccc(COC(=O)CC[C@@H]2NC(=O)OC2=O)cc1.C=CCOc1ccc(COC(=O)CC[C@H](N)C(=O)O)cc1.N[C@@H](CCC(=O)[O-])C(=O)O.N[C@@H](CCC(=O)[O-])C(=O)O.[Cu+2].[Cu]. The first-order chi connectivity index (χ1) is 36.0. The molecule has 1 saturated heterocycles. The van der Waals surface area contributed by atoms with Crippen molar-refractivity contribution in [1.82, 2.24) is 5.32 Å². The monoisotopic (exact) mass is 1210 g/mol. The van der Waals surface area contributed by atoms with Crippen LogP contribution < -0.4 is 46.9 Å². The summed E-state index contributed by atoms with van der Waals surface area (Å²) in [6.07, 6.45) is 3.64. The number of ether oxygens (including phenoxy) is 6. The first-order valence-electron chi connectivity index (χ1n) is 22.8. The van der Waals surface area contributed by atoms with E-state index in [1.165, 1.54) is 0 Å². The average Bonchev–Trinajstić information content (AvgIpc) is 3.73. The van der Waals surface area contributed by atoms with E-state index in [4.69, 9.17) is 67.8 Å². The van der Waals surface area contributed by atoms with Gasteiger partial charge in [0.05, 0.1) is 0 Å². The molecule has 78 heavy (non-hydrogen) atoms. The fraction of sp³-hybridized carbons (Fsp3) is 0.353. The van der Waals surface area contributed by atoms with Crippen LogP contribution in [0.2, 0.25) is 0 Å². The molecule has 1 heterocycles. The Hall–Kier alpha value is -7.28. The van der Waals surface area contributed by atoms with Crippen LogP contribution in [0.25, 0.3) is 0 Å². The van der Waals surface area contributed by atoms with Crippen LogP contribution in [-0.2, 0) is 106 Å². The summed E-state index contributed by atoms with van der Waals surface area (Å²) in [5.41, 5.74) is 18.0. The maximum Gasteiger partial charge on any atom is 2.00 e. The van der Waals surface area contributed by atoms with Crippen molar-refractivity contribution in [1.29, 1.82) is 0 Å². The molecule has 4 atom stereocenters. The maximum atomic E-state index is 11.6. The Morgan fingerprint density at radius 2 is 0.910 bits per heavy atom. The molecule has 436 valence electrons. The number of alkyl halides is 1. The van der Waals surface area contributed by atoms with Gasteiger partial charge in [-0.05, 0) is 91.6 Å². The summed E-state index contributed by atoms with van der Waals surface area (Å²) in [5.74, 6) is -4.87. The number of halogens is 1. The van der Waals surface area contributed by atoms with E-state index in [-0.39, 0.29) is 98.7 Å². The van der Waals surface area contributed by atoms with E-state index in [1.54, 1.807) is 66.8 Å². The zero-order chi connectivity index (χ0) is 57.4. The largest absolute Gasteiger partial charge is 2.00 e. The van der Waals surface area contributed by atoms with Crippen molar-refractivity contribution in [3.05, 3.63) is 127 Å². The topological polar surface area (TPSA) is 406 Å². The second kappa shape index (κ2) is 44.8. The van der Waals surface area contributed by atoms with Gasteiger partial charge >= 0.3 is 59.0 Å². The number of carboxylic acids is 5. The maximum absolute atomic E-state index is 11.6. The Bertz CT molecular complexity index is 2290. The third-order valence-corrected chi connectivity index (χ3v) is 9.47. The molecule has 4 rings (SSSR count). The minimum atomic E-state index is -1.28. The number of cyclic esters (lactones) is 2. The molecule has 0 aliphatic carbocycles. The average molecular weight is 1210 g/mol. The molecule has 0 unspecified atom stereocenters. The van der Waals surface area contributed by atoms with Gasteiger partial charge in [0.2, 0.25) is 0 Å². The van der Waals surface area contributed by atoms with Gasteiger partial charge in [-0.25, -0.2) is 9.59 Å². The molecule has 0 saturated carbocycles. The Morgan fingerprint density at radius 3 is 1.19 bits per heavy atom. The molecule has 27 heteroatoms. The normalized spacial score (nSPS) is 12.6. The number of aliphatic carboxylic acids is 5. The number of benzene rings is 3. The van der Waals surface area contributed by atoms with Crippen molar-refractivity contribution >= 4 is 65.4 Å². The fourth-order valence-corrected chi connectivity index (χ4v) is 5.19. The summed E-state index contributed by atoms with van der Waals surface area (Å²) in [4.78, 5) is 95.1. The zero-order valence-electron chi connectivity index (χ0n) is 42.0. The van der Waals surface area contributed by atoms with Crippen molar-refractivity contribution in [2.24, 2.45) is 17.2 Å². The van der Waals surface area contributed by atoms with Crippen LogP contribution in [0.1, 0.15) is 68.1 Å². The van der Waals surface area contributed by atoms with Crippen LogP contribution in [0.4, 0.5) is 4.79 Å².